The van der Waals surface area contributed by atoms with E-state index in [9.17, 15) is 9.59 Å². The summed E-state index contributed by atoms with van der Waals surface area (Å²) < 4.78 is 0. The van der Waals surface area contributed by atoms with Crippen molar-refractivity contribution in [2.75, 3.05) is 6.54 Å². The van der Waals surface area contributed by atoms with Crippen LogP contribution < -0.4 is 5.32 Å². The molecule has 0 aromatic rings. The Balaban J connectivity index is 1.89. The minimum Gasteiger partial charge on any atom is -0.481 e. The van der Waals surface area contributed by atoms with Gasteiger partial charge >= 0.3 is 5.97 Å². The molecule has 2 saturated carbocycles. The molecule has 90 valence electrons. The lowest BCUT2D eigenvalue weighted by molar-refractivity contribution is -0.146. The Morgan fingerprint density at radius 3 is 2.44 bits per heavy atom. The number of rotatable bonds is 4. The highest BCUT2D eigenvalue weighted by molar-refractivity contribution is 5.85. The normalized spacial score (nSPS) is 33.7. The van der Waals surface area contributed by atoms with Crippen LogP contribution in [0.2, 0.25) is 0 Å². The first-order valence-electron chi connectivity index (χ1n) is 6.08. The third-order valence-electron chi connectivity index (χ3n) is 3.71. The zero-order valence-electron chi connectivity index (χ0n) is 9.61. The van der Waals surface area contributed by atoms with Gasteiger partial charge in [-0.05, 0) is 37.5 Å². The molecule has 2 aliphatic rings. The SMILES string of the molecule is CC1C[C@H](C(=O)NCC2CC2)[C@H](C(=O)O)C1. The van der Waals surface area contributed by atoms with E-state index in [1.807, 2.05) is 6.92 Å². The summed E-state index contributed by atoms with van der Waals surface area (Å²) in [5, 5.41) is 11.9. The van der Waals surface area contributed by atoms with Crippen LogP contribution in [-0.4, -0.2) is 23.5 Å². The van der Waals surface area contributed by atoms with Gasteiger partial charge < -0.3 is 10.4 Å². The van der Waals surface area contributed by atoms with E-state index in [0.29, 0.717) is 24.7 Å². The van der Waals surface area contributed by atoms with Crippen LogP contribution in [0.25, 0.3) is 0 Å². The second-order valence-corrected chi connectivity index (χ2v) is 5.32. The Labute approximate surface area is 95.4 Å². The number of hydrogen-bond acceptors (Lipinski definition) is 2. The smallest absolute Gasteiger partial charge is 0.307 e. The van der Waals surface area contributed by atoms with Gasteiger partial charge in [-0.25, -0.2) is 0 Å². The summed E-state index contributed by atoms with van der Waals surface area (Å²) in [5.41, 5.74) is 0. The second-order valence-electron chi connectivity index (χ2n) is 5.32. The average molecular weight is 225 g/mol. The quantitative estimate of drug-likeness (QED) is 0.757. The summed E-state index contributed by atoms with van der Waals surface area (Å²) in [6.45, 7) is 2.75. The van der Waals surface area contributed by atoms with Crippen molar-refractivity contribution in [3.63, 3.8) is 0 Å². The van der Waals surface area contributed by atoms with Gasteiger partial charge in [0.25, 0.3) is 0 Å². The van der Waals surface area contributed by atoms with Gasteiger partial charge in [0.2, 0.25) is 5.91 Å². The summed E-state index contributed by atoms with van der Waals surface area (Å²) in [5.74, 6) is -0.677. The highest BCUT2D eigenvalue weighted by atomic mass is 16.4. The van der Waals surface area contributed by atoms with Gasteiger partial charge in [0.15, 0.2) is 0 Å². The first-order valence-corrected chi connectivity index (χ1v) is 6.08. The summed E-state index contributed by atoms with van der Waals surface area (Å²) in [6.07, 6.45) is 3.75. The van der Waals surface area contributed by atoms with Crippen LogP contribution in [0, 0.1) is 23.7 Å². The maximum absolute atomic E-state index is 11.9. The van der Waals surface area contributed by atoms with Crippen molar-refractivity contribution in [1.82, 2.24) is 5.32 Å². The highest BCUT2D eigenvalue weighted by Gasteiger charge is 2.41. The summed E-state index contributed by atoms with van der Waals surface area (Å²) >= 11 is 0. The number of carbonyl (C=O) groups excluding carboxylic acids is 1. The van der Waals surface area contributed by atoms with Crippen LogP contribution >= 0.6 is 0 Å². The predicted octanol–water partition coefficient (Wildman–Crippen LogP) is 1.26. The molecule has 4 nitrogen and oxygen atoms in total. The standard InChI is InChI=1S/C12H19NO3/c1-7-4-9(10(5-7)12(15)16)11(14)13-6-8-2-3-8/h7-10H,2-6H2,1H3,(H,13,14)(H,15,16)/t7?,9-,10+/m0/s1. The van der Waals surface area contributed by atoms with Crippen LogP contribution in [-0.2, 0) is 9.59 Å². The van der Waals surface area contributed by atoms with Gasteiger partial charge in [-0.3, -0.25) is 9.59 Å². The monoisotopic (exact) mass is 225 g/mol. The predicted molar refractivity (Wildman–Crippen MR) is 58.7 cm³/mol. The lowest BCUT2D eigenvalue weighted by atomic mass is 9.95. The van der Waals surface area contributed by atoms with Gasteiger partial charge in [-0.1, -0.05) is 6.92 Å². The van der Waals surface area contributed by atoms with E-state index in [2.05, 4.69) is 5.32 Å². The van der Waals surface area contributed by atoms with Gasteiger partial charge in [-0.2, -0.15) is 0 Å². The van der Waals surface area contributed by atoms with Crippen LogP contribution in [0.5, 0.6) is 0 Å². The number of hydrogen-bond donors (Lipinski definition) is 2. The maximum Gasteiger partial charge on any atom is 0.307 e. The molecule has 0 spiro atoms. The van der Waals surface area contributed by atoms with E-state index in [4.69, 9.17) is 5.11 Å². The van der Waals surface area contributed by atoms with E-state index < -0.39 is 11.9 Å². The van der Waals surface area contributed by atoms with Gasteiger partial charge in [0.05, 0.1) is 11.8 Å². The van der Waals surface area contributed by atoms with Gasteiger partial charge in [0.1, 0.15) is 0 Å². The van der Waals surface area contributed by atoms with E-state index in [1.54, 1.807) is 0 Å². The molecule has 0 aromatic heterocycles. The first-order chi connectivity index (χ1) is 7.58. The molecule has 0 heterocycles. The Kier molecular flexibility index (Phi) is 3.17. The molecule has 3 atom stereocenters. The molecule has 2 N–H and O–H groups in total. The molecule has 2 aliphatic carbocycles. The molecule has 0 aromatic carbocycles. The molecule has 0 bridgehead atoms. The molecular formula is C12H19NO3. The second kappa shape index (κ2) is 4.44. The Hall–Kier alpha value is -1.06. The zero-order chi connectivity index (χ0) is 11.7. The number of carboxylic acids is 1. The molecular weight excluding hydrogens is 206 g/mol. The van der Waals surface area contributed by atoms with Crippen molar-refractivity contribution >= 4 is 11.9 Å². The number of aliphatic carboxylic acids is 1. The van der Waals surface area contributed by atoms with E-state index in [-0.39, 0.29) is 11.8 Å². The molecule has 1 amide bonds. The minimum atomic E-state index is -0.823. The number of nitrogens with one attached hydrogen (secondary N) is 1. The Morgan fingerprint density at radius 1 is 1.25 bits per heavy atom. The highest BCUT2D eigenvalue weighted by Crippen LogP contribution is 2.36. The molecule has 0 radical (unpaired) electrons. The number of carboxylic acid groups (broad SMARTS) is 1. The molecule has 16 heavy (non-hydrogen) atoms. The lowest BCUT2D eigenvalue weighted by Gasteiger charge is -2.15. The van der Waals surface area contributed by atoms with Crippen LogP contribution in [0.15, 0.2) is 0 Å². The van der Waals surface area contributed by atoms with Crippen molar-refractivity contribution in [3.05, 3.63) is 0 Å². The van der Waals surface area contributed by atoms with Crippen molar-refractivity contribution in [2.24, 2.45) is 23.7 Å². The maximum atomic E-state index is 11.9. The first kappa shape index (κ1) is 11.4. The van der Waals surface area contributed by atoms with Crippen molar-refractivity contribution in [3.8, 4) is 0 Å². The van der Waals surface area contributed by atoms with Crippen molar-refractivity contribution in [2.45, 2.75) is 32.6 Å². The summed E-state index contributed by atoms with van der Waals surface area (Å²) in [6, 6.07) is 0. The summed E-state index contributed by atoms with van der Waals surface area (Å²) in [4.78, 5) is 22.9. The minimum absolute atomic E-state index is 0.0522. The molecule has 0 aliphatic heterocycles. The van der Waals surface area contributed by atoms with E-state index in [0.717, 1.165) is 6.54 Å². The Bertz CT molecular complexity index is 299. The summed E-state index contributed by atoms with van der Waals surface area (Å²) in [7, 11) is 0. The molecule has 2 rings (SSSR count). The van der Waals surface area contributed by atoms with Gasteiger partial charge in [0, 0.05) is 6.54 Å². The fourth-order valence-electron chi connectivity index (χ4n) is 2.55. The number of amides is 1. The van der Waals surface area contributed by atoms with Gasteiger partial charge in [-0.15, -0.1) is 0 Å². The third kappa shape index (κ3) is 2.54. The van der Waals surface area contributed by atoms with Crippen LogP contribution in [0.4, 0.5) is 0 Å². The van der Waals surface area contributed by atoms with Crippen molar-refractivity contribution < 1.29 is 14.7 Å². The lowest BCUT2D eigenvalue weighted by Crippen LogP contribution is -2.36. The van der Waals surface area contributed by atoms with Crippen LogP contribution in [0.3, 0.4) is 0 Å². The molecule has 2 fully saturated rings. The number of carbonyl (C=O) groups is 2. The van der Waals surface area contributed by atoms with Crippen LogP contribution in [0.1, 0.15) is 32.6 Å². The van der Waals surface area contributed by atoms with E-state index in [1.165, 1.54) is 12.8 Å². The molecule has 0 saturated heterocycles. The topological polar surface area (TPSA) is 66.4 Å². The largest absolute Gasteiger partial charge is 0.481 e. The fourth-order valence-corrected chi connectivity index (χ4v) is 2.55. The van der Waals surface area contributed by atoms with E-state index >= 15 is 0 Å². The zero-order valence-corrected chi connectivity index (χ0v) is 9.61. The molecule has 4 heteroatoms. The average Bonchev–Trinajstić information content (AvgIpc) is 2.96. The fraction of sp³-hybridized carbons (Fsp3) is 0.833. The van der Waals surface area contributed by atoms with Crippen molar-refractivity contribution in [1.29, 1.82) is 0 Å². The Morgan fingerprint density at radius 2 is 1.88 bits per heavy atom. The molecule has 1 unspecified atom stereocenters. The third-order valence-corrected chi connectivity index (χ3v) is 3.71.